The van der Waals surface area contributed by atoms with Crippen LogP contribution in [0.2, 0.25) is 10.0 Å². The minimum atomic E-state index is -0.326. The lowest BCUT2D eigenvalue weighted by Gasteiger charge is -1.98. The van der Waals surface area contributed by atoms with Gasteiger partial charge in [0.15, 0.2) is 11.6 Å². The van der Waals surface area contributed by atoms with Crippen LogP contribution < -0.4 is 0 Å². The van der Waals surface area contributed by atoms with Crippen LogP contribution in [-0.2, 0) is 0 Å². The second-order valence-corrected chi connectivity index (χ2v) is 9.14. The van der Waals surface area contributed by atoms with E-state index >= 15 is 0 Å². The molecule has 7 heteroatoms. The van der Waals surface area contributed by atoms with Crippen molar-refractivity contribution >= 4 is 73.0 Å². The first-order chi connectivity index (χ1) is 13.5. The highest BCUT2D eigenvalue weighted by Gasteiger charge is 2.34. The van der Waals surface area contributed by atoms with Gasteiger partial charge in [-0.15, -0.1) is 22.7 Å². The maximum Gasteiger partial charge on any atom is 0.197 e. The number of carbonyl (C=O) groups is 2. The SMILES string of the molecule is O=C1C(=Cc2cc3sc(-c4ccccc4)nc3s2)C(=O)c2cc(Cl)c(Cl)cc21. The monoisotopic (exact) mass is 441 g/mol. The smallest absolute Gasteiger partial charge is 0.197 e. The molecule has 0 aliphatic heterocycles. The summed E-state index contributed by atoms with van der Waals surface area (Å²) in [5.74, 6) is -0.651. The van der Waals surface area contributed by atoms with E-state index in [4.69, 9.17) is 23.2 Å². The van der Waals surface area contributed by atoms with Gasteiger partial charge in [0.25, 0.3) is 0 Å². The number of hydrogen-bond acceptors (Lipinski definition) is 5. The van der Waals surface area contributed by atoms with Gasteiger partial charge in [0.05, 0.1) is 20.3 Å². The van der Waals surface area contributed by atoms with Gasteiger partial charge < -0.3 is 0 Å². The standard InChI is InChI=1S/C21H9Cl2NO2S2/c22-15-8-12-13(9-16(15)23)19(26)14(18(12)25)6-11-7-17-21(27-11)24-20(28-17)10-4-2-1-3-5-10/h1-9H. The third-order valence-electron chi connectivity index (χ3n) is 4.45. The molecule has 0 saturated carbocycles. The number of hydrogen-bond donors (Lipinski definition) is 0. The molecule has 28 heavy (non-hydrogen) atoms. The Bertz CT molecular complexity index is 1240. The van der Waals surface area contributed by atoms with Crippen LogP contribution in [0.15, 0.2) is 54.1 Å². The second kappa shape index (κ2) is 6.64. The summed E-state index contributed by atoms with van der Waals surface area (Å²) in [7, 11) is 0. The van der Waals surface area contributed by atoms with E-state index in [0.29, 0.717) is 11.1 Å². The maximum absolute atomic E-state index is 12.7. The van der Waals surface area contributed by atoms with Crippen LogP contribution in [0, 0.1) is 0 Å². The zero-order valence-corrected chi connectivity index (χ0v) is 17.2. The number of thiazole rings is 1. The van der Waals surface area contributed by atoms with Gasteiger partial charge in [0.2, 0.25) is 0 Å². The summed E-state index contributed by atoms with van der Waals surface area (Å²) in [4.78, 5) is 31.7. The topological polar surface area (TPSA) is 47.0 Å². The summed E-state index contributed by atoms with van der Waals surface area (Å²) in [6.45, 7) is 0. The number of halogens is 2. The summed E-state index contributed by atoms with van der Waals surface area (Å²) in [6, 6.07) is 14.9. The van der Waals surface area contributed by atoms with E-state index in [9.17, 15) is 9.59 Å². The van der Waals surface area contributed by atoms with Gasteiger partial charge in [-0.2, -0.15) is 0 Å². The van der Waals surface area contributed by atoms with E-state index in [-0.39, 0.29) is 27.2 Å². The lowest BCUT2D eigenvalue weighted by Crippen LogP contribution is -1.99. The normalized spacial score (nSPS) is 13.4. The number of aromatic nitrogens is 1. The Morgan fingerprint density at radius 3 is 2.11 bits per heavy atom. The first kappa shape index (κ1) is 17.8. The predicted molar refractivity (Wildman–Crippen MR) is 116 cm³/mol. The molecule has 0 spiro atoms. The van der Waals surface area contributed by atoms with Crippen LogP contribution in [0.5, 0.6) is 0 Å². The molecule has 1 aliphatic carbocycles. The number of ketones is 2. The molecule has 2 aromatic carbocycles. The third-order valence-corrected chi connectivity index (χ3v) is 7.33. The van der Waals surface area contributed by atoms with E-state index < -0.39 is 0 Å². The molecular formula is C21H9Cl2NO2S2. The van der Waals surface area contributed by atoms with Gasteiger partial charge in [-0.3, -0.25) is 9.59 Å². The van der Waals surface area contributed by atoms with E-state index in [1.54, 1.807) is 17.4 Å². The number of Topliss-reactive ketones (excluding diaryl/α,β-unsaturated/α-hetero) is 2. The van der Waals surface area contributed by atoms with Crippen LogP contribution in [0.3, 0.4) is 0 Å². The van der Waals surface area contributed by atoms with Crippen molar-refractivity contribution in [3.63, 3.8) is 0 Å². The Hall–Kier alpha value is -2.31. The fraction of sp³-hybridized carbons (Fsp3) is 0. The molecule has 2 aromatic heterocycles. The van der Waals surface area contributed by atoms with Crippen molar-refractivity contribution in [1.29, 1.82) is 0 Å². The first-order valence-electron chi connectivity index (χ1n) is 8.27. The van der Waals surface area contributed by atoms with E-state index in [1.807, 2.05) is 36.4 Å². The number of fused-ring (bicyclic) bond motifs is 2. The van der Waals surface area contributed by atoms with E-state index in [0.717, 1.165) is 25.0 Å². The molecule has 3 nitrogen and oxygen atoms in total. The van der Waals surface area contributed by atoms with Crippen molar-refractivity contribution in [3.8, 4) is 10.6 Å². The fourth-order valence-electron chi connectivity index (χ4n) is 3.12. The molecule has 0 fully saturated rings. The summed E-state index contributed by atoms with van der Waals surface area (Å²) >= 11 is 15.0. The molecule has 0 radical (unpaired) electrons. The molecule has 2 heterocycles. The lowest BCUT2D eigenvalue weighted by molar-refractivity contribution is 0.0990. The van der Waals surface area contributed by atoms with Crippen LogP contribution in [0.4, 0.5) is 0 Å². The highest BCUT2D eigenvalue weighted by atomic mass is 35.5. The quantitative estimate of drug-likeness (QED) is 0.254. The van der Waals surface area contributed by atoms with Crippen molar-refractivity contribution in [2.45, 2.75) is 0 Å². The van der Waals surface area contributed by atoms with Crippen molar-refractivity contribution in [1.82, 2.24) is 4.98 Å². The Morgan fingerprint density at radius 1 is 0.857 bits per heavy atom. The highest BCUT2D eigenvalue weighted by molar-refractivity contribution is 7.29. The summed E-state index contributed by atoms with van der Waals surface area (Å²) in [6.07, 6.45) is 1.63. The number of allylic oxidation sites excluding steroid dienone is 1. The lowest BCUT2D eigenvalue weighted by atomic mass is 10.1. The molecule has 0 bridgehead atoms. The molecule has 0 unspecified atom stereocenters. The Balaban J connectivity index is 1.53. The summed E-state index contributed by atoms with van der Waals surface area (Å²) in [5, 5.41) is 1.47. The van der Waals surface area contributed by atoms with Gasteiger partial charge in [-0.05, 0) is 24.3 Å². The number of benzene rings is 2. The van der Waals surface area contributed by atoms with E-state index in [1.165, 1.54) is 23.5 Å². The minimum Gasteiger partial charge on any atom is -0.288 e. The molecule has 136 valence electrons. The van der Waals surface area contributed by atoms with Crippen LogP contribution in [0.1, 0.15) is 25.6 Å². The second-order valence-electron chi connectivity index (χ2n) is 6.23. The van der Waals surface area contributed by atoms with Crippen molar-refractivity contribution < 1.29 is 9.59 Å². The van der Waals surface area contributed by atoms with E-state index in [2.05, 4.69) is 4.98 Å². The van der Waals surface area contributed by atoms with Crippen LogP contribution in [0.25, 0.3) is 26.2 Å². The number of carbonyl (C=O) groups excluding carboxylic acids is 2. The van der Waals surface area contributed by atoms with Crippen LogP contribution >= 0.6 is 45.9 Å². The number of nitrogens with zero attached hydrogens (tertiary/aromatic N) is 1. The van der Waals surface area contributed by atoms with Gasteiger partial charge in [0, 0.05) is 21.6 Å². The molecule has 1 aliphatic rings. The highest BCUT2D eigenvalue weighted by Crippen LogP contribution is 2.38. The maximum atomic E-state index is 12.7. The predicted octanol–water partition coefficient (Wildman–Crippen LogP) is 6.79. The molecule has 0 N–H and O–H groups in total. The van der Waals surface area contributed by atoms with Crippen molar-refractivity contribution in [2.75, 3.05) is 0 Å². The Morgan fingerprint density at radius 2 is 1.50 bits per heavy atom. The Kier molecular flexibility index (Phi) is 4.21. The zero-order chi connectivity index (χ0) is 19.4. The molecule has 5 rings (SSSR count). The molecule has 4 aromatic rings. The molecule has 0 saturated heterocycles. The third kappa shape index (κ3) is 2.83. The van der Waals surface area contributed by atoms with Gasteiger partial charge in [-0.1, -0.05) is 53.5 Å². The molecule has 0 atom stereocenters. The fourth-order valence-corrected chi connectivity index (χ4v) is 5.62. The summed E-state index contributed by atoms with van der Waals surface area (Å²) < 4.78 is 1.03. The van der Waals surface area contributed by atoms with Crippen LogP contribution in [-0.4, -0.2) is 16.6 Å². The average Bonchev–Trinajstić information content (AvgIpc) is 3.31. The van der Waals surface area contributed by atoms with Gasteiger partial charge in [0.1, 0.15) is 9.84 Å². The van der Waals surface area contributed by atoms with Crippen molar-refractivity contribution in [3.05, 3.63) is 80.2 Å². The molecule has 0 amide bonds. The van der Waals surface area contributed by atoms with Gasteiger partial charge in [-0.25, -0.2) is 4.98 Å². The largest absolute Gasteiger partial charge is 0.288 e. The molecular weight excluding hydrogens is 433 g/mol. The number of rotatable bonds is 2. The minimum absolute atomic E-state index is 0.130. The van der Waals surface area contributed by atoms with Crippen molar-refractivity contribution in [2.24, 2.45) is 0 Å². The summed E-state index contributed by atoms with van der Waals surface area (Å²) in [5.41, 5.74) is 1.80. The Labute approximate surface area is 177 Å². The zero-order valence-electron chi connectivity index (χ0n) is 14.0. The first-order valence-corrected chi connectivity index (χ1v) is 10.7. The van der Waals surface area contributed by atoms with Gasteiger partial charge >= 0.3 is 0 Å². The average molecular weight is 442 g/mol. The number of thiophene rings is 1.